The first-order valence-corrected chi connectivity index (χ1v) is 6.80. The van der Waals surface area contributed by atoms with E-state index in [4.69, 9.17) is 9.84 Å². The molecule has 0 aliphatic rings. The number of aryl methyl sites for hydroxylation is 1. The van der Waals surface area contributed by atoms with Gasteiger partial charge in [0.1, 0.15) is 12.3 Å². The van der Waals surface area contributed by atoms with Gasteiger partial charge in [-0.25, -0.2) is 4.68 Å². The molecule has 1 N–H and O–H groups in total. The fraction of sp³-hybridized carbons (Fsp3) is 0.200. The minimum absolute atomic E-state index is 0.0132. The van der Waals surface area contributed by atoms with Gasteiger partial charge < -0.3 is 9.84 Å². The number of aromatic nitrogens is 5. The molecule has 22 heavy (non-hydrogen) atoms. The Morgan fingerprint density at radius 2 is 1.95 bits per heavy atom. The van der Waals surface area contributed by atoms with E-state index in [0.29, 0.717) is 12.5 Å². The fourth-order valence-corrected chi connectivity index (χ4v) is 2.00. The van der Waals surface area contributed by atoms with Gasteiger partial charge in [-0.3, -0.25) is 0 Å². The minimum Gasteiger partial charge on any atom is -0.470 e. The third-order valence-corrected chi connectivity index (χ3v) is 3.23. The van der Waals surface area contributed by atoms with Gasteiger partial charge in [-0.15, -0.1) is 10.2 Å². The summed E-state index contributed by atoms with van der Waals surface area (Å²) in [6.07, 6.45) is 1.59. The predicted molar refractivity (Wildman–Crippen MR) is 78.4 cm³/mol. The zero-order valence-electron chi connectivity index (χ0n) is 12.0. The van der Waals surface area contributed by atoms with Crippen molar-refractivity contribution in [2.75, 3.05) is 0 Å². The van der Waals surface area contributed by atoms with Gasteiger partial charge in [-0.1, -0.05) is 17.3 Å². The molecule has 0 saturated heterocycles. The first-order valence-electron chi connectivity index (χ1n) is 6.80. The van der Waals surface area contributed by atoms with Crippen molar-refractivity contribution in [3.8, 4) is 11.6 Å². The van der Waals surface area contributed by atoms with E-state index in [2.05, 4.69) is 20.5 Å². The summed E-state index contributed by atoms with van der Waals surface area (Å²) in [6, 6.07) is 11.0. The van der Waals surface area contributed by atoms with Gasteiger partial charge in [0.25, 0.3) is 0 Å². The number of aliphatic hydroxyl groups is 1. The molecule has 2 heterocycles. The van der Waals surface area contributed by atoms with Crippen LogP contribution in [0.5, 0.6) is 5.88 Å². The Hall–Kier alpha value is -2.80. The molecule has 0 atom stereocenters. The van der Waals surface area contributed by atoms with Gasteiger partial charge >= 0.3 is 0 Å². The second-order valence-electron chi connectivity index (χ2n) is 4.71. The van der Waals surface area contributed by atoms with Crippen LogP contribution in [-0.4, -0.2) is 30.3 Å². The van der Waals surface area contributed by atoms with Crippen molar-refractivity contribution in [3.05, 3.63) is 59.5 Å². The lowest BCUT2D eigenvalue weighted by Gasteiger charge is -2.08. The van der Waals surface area contributed by atoms with Crippen LogP contribution < -0.4 is 4.74 Å². The van der Waals surface area contributed by atoms with Crippen molar-refractivity contribution in [3.63, 3.8) is 0 Å². The summed E-state index contributed by atoms with van der Waals surface area (Å²) in [5, 5.41) is 25.0. The molecular formula is C15H15N5O2. The average Bonchev–Trinajstić information content (AvgIpc) is 2.95. The van der Waals surface area contributed by atoms with Crippen LogP contribution in [-0.2, 0) is 13.2 Å². The molecule has 0 amide bonds. The molecule has 7 nitrogen and oxygen atoms in total. The summed E-state index contributed by atoms with van der Waals surface area (Å²) >= 11 is 0. The van der Waals surface area contributed by atoms with Crippen LogP contribution >= 0.6 is 0 Å². The van der Waals surface area contributed by atoms with Crippen molar-refractivity contribution in [2.24, 2.45) is 0 Å². The zero-order valence-corrected chi connectivity index (χ0v) is 12.0. The van der Waals surface area contributed by atoms with E-state index in [9.17, 15) is 0 Å². The summed E-state index contributed by atoms with van der Waals surface area (Å²) in [4.78, 5) is 0. The predicted octanol–water partition coefficient (Wildman–Crippen LogP) is 1.44. The molecule has 0 unspecified atom stereocenters. The number of benzene rings is 1. The molecule has 3 aromatic rings. The van der Waals surface area contributed by atoms with Crippen LogP contribution in [0, 0.1) is 6.92 Å². The Labute approximate surface area is 127 Å². The van der Waals surface area contributed by atoms with Crippen molar-refractivity contribution < 1.29 is 9.84 Å². The maximum atomic E-state index is 9.10. The van der Waals surface area contributed by atoms with E-state index < -0.39 is 0 Å². The Morgan fingerprint density at radius 1 is 1.14 bits per heavy atom. The second-order valence-corrected chi connectivity index (χ2v) is 4.71. The first-order chi connectivity index (χ1) is 10.8. The molecule has 3 rings (SSSR count). The number of hydrogen-bond acceptors (Lipinski definition) is 6. The van der Waals surface area contributed by atoms with E-state index in [1.54, 1.807) is 23.0 Å². The van der Waals surface area contributed by atoms with Gasteiger partial charge in [-0.05, 0) is 30.7 Å². The molecule has 0 spiro atoms. The first kappa shape index (κ1) is 14.2. The molecule has 0 aliphatic carbocycles. The van der Waals surface area contributed by atoms with Gasteiger partial charge in [-0.2, -0.15) is 5.10 Å². The largest absolute Gasteiger partial charge is 0.470 e. The third kappa shape index (κ3) is 2.94. The lowest BCUT2D eigenvalue weighted by atomic mass is 10.2. The molecule has 0 radical (unpaired) electrons. The molecule has 1 aromatic carbocycles. The molecular weight excluding hydrogens is 282 g/mol. The number of hydrogen-bond donors (Lipinski definition) is 1. The molecule has 2 aromatic heterocycles. The summed E-state index contributed by atoms with van der Waals surface area (Å²) < 4.78 is 7.34. The number of nitrogens with zero attached hydrogens (tertiary/aromatic N) is 5. The zero-order chi connectivity index (χ0) is 15.4. The van der Waals surface area contributed by atoms with Gasteiger partial charge in [0.05, 0.1) is 18.0 Å². The van der Waals surface area contributed by atoms with Crippen molar-refractivity contribution in [1.82, 2.24) is 25.2 Å². The number of aliphatic hydroxyl groups excluding tert-OH is 1. The van der Waals surface area contributed by atoms with E-state index in [-0.39, 0.29) is 6.61 Å². The Bertz CT molecular complexity index is 740. The maximum Gasteiger partial charge on any atom is 0.233 e. The second kappa shape index (κ2) is 6.31. The van der Waals surface area contributed by atoms with Crippen LogP contribution in [0.2, 0.25) is 0 Å². The van der Waals surface area contributed by atoms with Crippen molar-refractivity contribution >= 4 is 0 Å². The molecule has 0 fully saturated rings. The van der Waals surface area contributed by atoms with Gasteiger partial charge in [0, 0.05) is 12.3 Å². The minimum atomic E-state index is 0.0132. The monoisotopic (exact) mass is 297 g/mol. The topological polar surface area (TPSA) is 86.0 Å². The normalized spacial score (nSPS) is 10.6. The summed E-state index contributed by atoms with van der Waals surface area (Å²) in [6.45, 7) is 2.18. The van der Waals surface area contributed by atoms with Crippen LogP contribution in [0.1, 0.15) is 17.0 Å². The van der Waals surface area contributed by atoms with Crippen molar-refractivity contribution in [1.29, 1.82) is 0 Å². The van der Waals surface area contributed by atoms with Crippen molar-refractivity contribution in [2.45, 2.75) is 20.1 Å². The summed E-state index contributed by atoms with van der Waals surface area (Å²) in [5.41, 5.74) is 3.33. The fourth-order valence-electron chi connectivity index (χ4n) is 2.00. The molecule has 0 saturated carbocycles. The number of ether oxygens (including phenoxy) is 1. The summed E-state index contributed by atoms with van der Waals surface area (Å²) in [5.74, 6) is 0.449. The highest BCUT2D eigenvalue weighted by atomic mass is 16.5. The Morgan fingerprint density at radius 3 is 2.64 bits per heavy atom. The van der Waals surface area contributed by atoms with Crippen LogP contribution in [0.25, 0.3) is 5.69 Å². The highest BCUT2D eigenvalue weighted by Gasteiger charge is 2.12. The van der Waals surface area contributed by atoms with Crippen LogP contribution in [0.4, 0.5) is 0 Å². The molecule has 0 bridgehead atoms. The standard InChI is InChI=1S/C15H15N5O2/c1-11-14(10-22-15-3-2-8-16-18-15)20(19-17-11)13-6-4-12(9-21)5-7-13/h2-8,21H,9-10H2,1H3. The molecule has 7 heteroatoms. The quantitative estimate of drug-likeness (QED) is 0.767. The van der Waals surface area contributed by atoms with Gasteiger partial charge in [0.2, 0.25) is 5.88 Å². The van der Waals surface area contributed by atoms with E-state index in [1.807, 2.05) is 31.2 Å². The van der Waals surface area contributed by atoms with Gasteiger partial charge in [0.15, 0.2) is 0 Å². The van der Waals surface area contributed by atoms with E-state index >= 15 is 0 Å². The lowest BCUT2D eigenvalue weighted by molar-refractivity contribution is 0.281. The van der Waals surface area contributed by atoms with E-state index in [1.165, 1.54) is 0 Å². The Kier molecular flexibility index (Phi) is 4.06. The maximum absolute atomic E-state index is 9.10. The van der Waals surface area contributed by atoms with E-state index in [0.717, 1.165) is 22.6 Å². The highest BCUT2D eigenvalue weighted by molar-refractivity contribution is 5.35. The Balaban J connectivity index is 1.83. The lowest BCUT2D eigenvalue weighted by Crippen LogP contribution is -2.07. The third-order valence-electron chi connectivity index (χ3n) is 3.23. The highest BCUT2D eigenvalue weighted by Crippen LogP contribution is 2.15. The average molecular weight is 297 g/mol. The molecule has 0 aliphatic heterocycles. The number of rotatable bonds is 5. The SMILES string of the molecule is Cc1nnn(-c2ccc(CO)cc2)c1COc1cccnn1. The smallest absolute Gasteiger partial charge is 0.233 e. The summed E-state index contributed by atoms with van der Waals surface area (Å²) in [7, 11) is 0. The van der Waals surface area contributed by atoms with Crippen LogP contribution in [0.3, 0.4) is 0 Å². The molecule has 112 valence electrons. The van der Waals surface area contributed by atoms with Crippen LogP contribution in [0.15, 0.2) is 42.6 Å².